The van der Waals surface area contributed by atoms with Crippen LogP contribution in [0.3, 0.4) is 0 Å². The van der Waals surface area contributed by atoms with Gasteiger partial charge in [-0.2, -0.15) is 0 Å². The molecule has 40 heavy (non-hydrogen) atoms. The largest absolute Gasteiger partial charge is 0.495 e. The van der Waals surface area contributed by atoms with Crippen molar-refractivity contribution in [3.05, 3.63) is 39.4 Å². The number of aliphatic hydroxyl groups excluding tert-OH is 1. The third-order valence-electron chi connectivity index (χ3n) is 9.21. The maximum Gasteiger partial charge on any atom is 0.351 e. The molecule has 2 fully saturated rings. The third kappa shape index (κ3) is 4.55. The highest BCUT2D eigenvalue weighted by molar-refractivity contribution is 6.33. The smallest absolute Gasteiger partial charge is 0.351 e. The molecule has 2 aromatic carbocycles. The molecule has 1 N–H and O–H groups in total. The highest BCUT2D eigenvalue weighted by Crippen LogP contribution is 2.59. The highest BCUT2D eigenvalue weighted by atomic mass is 35.5. The molecule has 0 radical (unpaired) electrons. The van der Waals surface area contributed by atoms with E-state index in [0.717, 1.165) is 31.2 Å². The lowest BCUT2D eigenvalue weighted by atomic mass is 9.80. The topological polar surface area (TPSA) is 91.3 Å². The zero-order valence-electron chi connectivity index (χ0n) is 24.4. The molecule has 2 aliphatic carbocycles. The van der Waals surface area contributed by atoms with Gasteiger partial charge in [0, 0.05) is 11.1 Å². The van der Waals surface area contributed by atoms with Crippen LogP contribution in [0.1, 0.15) is 99.9 Å². The highest BCUT2D eigenvalue weighted by Gasteiger charge is 2.57. The number of halogens is 1. The van der Waals surface area contributed by atoms with Gasteiger partial charge in [-0.25, -0.2) is 4.79 Å². The Hall–Kier alpha value is -2.77. The molecule has 0 saturated heterocycles. The third-order valence-corrected chi connectivity index (χ3v) is 9.66. The average molecular weight is 571 g/mol. The van der Waals surface area contributed by atoms with E-state index in [1.54, 1.807) is 12.1 Å². The molecule has 5 rings (SSSR count). The van der Waals surface area contributed by atoms with Gasteiger partial charge < -0.3 is 24.1 Å². The van der Waals surface area contributed by atoms with E-state index in [4.69, 9.17) is 30.5 Å². The van der Waals surface area contributed by atoms with E-state index in [2.05, 4.69) is 0 Å². The van der Waals surface area contributed by atoms with Crippen molar-refractivity contribution in [3.63, 3.8) is 0 Å². The van der Waals surface area contributed by atoms with Gasteiger partial charge in [0.15, 0.2) is 11.5 Å². The number of aliphatic hydroxyl groups is 1. The van der Waals surface area contributed by atoms with E-state index in [-0.39, 0.29) is 50.7 Å². The molecule has 2 aromatic rings. The van der Waals surface area contributed by atoms with Gasteiger partial charge >= 0.3 is 11.9 Å². The number of benzene rings is 2. The monoisotopic (exact) mass is 570 g/mol. The first-order valence-corrected chi connectivity index (χ1v) is 14.6. The molecule has 7 nitrogen and oxygen atoms in total. The van der Waals surface area contributed by atoms with E-state index >= 15 is 0 Å². The summed E-state index contributed by atoms with van der Waals surface area (Å²) in [6.45, 7) is 11.9. The minimum absolute atomic E-state index is 0.00115. The molecule has 2 saturated carbocycles. The predicted molar refractivity (Wildman–Crippen MR) is 152 cm³/mol. The minimum atomic E-state index is -0.879. The normalized spacial score (nSPS) is 24.0. The van der Waals surface area contributed by atoms with Crippen LogP contribution in [-0.2, 0) is 11.2 Å². The fraction of sp³-hybridized carbons (Fsp3) is 0.562. The number of rotatable bonds is 6. The first-order valence-electron chi connectivity index (χ1n) is 14.2. The second-order valence-corrected chi connectivity index (χ2v) is 13.2. The molecule has 1 heterocycles. The Labute approximate surface area is 241 Å². The number of hydrogen-bond acceptors (Lipinski definition) is 7. The Kier molecular flexibility index (Phi) is 7.37. The molecular formula is C32H39ClO7. The summed E-state index contributed by atoms with van der Waals surface area (Å²) in [5.41, 5.74) is 1.13. The molecule has 0 spiro atoms. The number of carbonyl (C=O) groups excluding carboxylic acids is 2. The summed E-state index contributed by atoms with van der Waals surface area (Å²) in [6, 6.07) is 3.30. The predicted octanol–water partition coefficient (Wildman–Crippen LogP) is 7.75. The molecule has 0 aromatic heterocycles. The van der Waals surface area contributed by atoms with Crippen LogP contribution in [0.2, 0.25) is 5.02 Å². The second-order valence-electron chi connectivity index (χ2n) is 12.8. The molecule has 2 bridgehead atoms. The van der Waals surface area contributed by atoms with Gasteiger partial charge in [0.25, 0.3) is 0 Å². The van der Waals surface area contributed by atoms with Crippen molar-refractivity contribution in [2.45, 2.75) is 86.2 Å². The van der Waals surface area contributed by atoms with Crippen LogP contribution in [-0.4, -0.2) is 24.2 Å². The lowest BCUT2D eigenvalue weighted by Gasteiger charge is -2.28. The summed E-state index contributed by atoms with van der Waals surface area (Å²) in [7, 11) is 1.43. The molecule has 1 aliphatic heterocycles. The second kappa shape index (κ2) is 10.3. The molecule has 1 atom stereocenters. The Morgan fingerprint density at radius 2 is 1.75 bits per heavy atom. The number of methoxy groups -OCH3 is 1. The number of carbonyl (C=O) groups is 2. The van der Waals surface area contributed by atoms with Crippen molar-refractivity contribution in [2.24, 2.45) is 22.7 Å². The maximum absolute atomic E-state index is 13.8. The van der Waals surface area contributed by atoms with Gasteiger partial charge in [0.2, 0.25) is 5.75 Å². The van der Waals surface area contributed by atoms with Gasteiger partial charge in [-0.1, -0.05) is 39.3 Å². The van der Waals surface area contributed by atoms with Crippen molar-refractivity contribution in [1.29, 1.82) is 0 Å². The van der Waals surface area contributed by atoms with Crippen LogP contribution in [0, 0.1) is 29.6 Å². The number of esters is 2. The van der Waals surface area contributed by atoms with E-state index in [1.807, 2.05) is 41.5 Å². The molecule has 3 aliphatic rings. The van der Waals surface area contributed by atoms with E-state index < -0.39 is 17.5 Å². The molecule has 216 valence electrons. The van der Waals surface area contributed by atoms with Crippen LogP contribution < -0.4 is 18.9 Å². The summed E-state index contributed by atoms with van der Waals surface area (Å²) in [5, 5.41) is 11.2. The lowest BCUT2D eigenvalue weighted by Crippen LogP contribution is -2.36. The van der Waals surface area contributed by atoms with Crippen LogP contribution in [0.25, 0.3) is 0 Å². The van der Waals surface area contributed by atoms with Crippen LogP contribution >= 0.6 is 11.6 Å². The zero-order valence-corrected chi connectivity index (χ0v) is 25.2. The van der Waals surface area contributed by atoms with Crippen molar-refractivity contribution in [2.75, 3.05) is 7.11 Å². The summed E-state index contributed by atoms with van der Waals surface area (Å²) in [6.07, 6.45) is 4.20. The van der Waals surface area contributed by atoms with Gasteiger partial charge in [-0.3, -0.25) is 4.79 Å². The lowest BCUT2D eigenvalue weighted by molar-refractivity contribution is -0.147. The fourth-order valence-corrected chi connectivity index (χ4v) is 7.22. The molecule has 8 heteroatoms. The van der Waals surface area contributed by atoms with E-state index in [0.29, 0.717) is 35.8 Å². The van der Waals surface area contributed by atoms with Gasteiger partial charge in [-0.05, 0) is 87.3 Å². The Morgan fingerprint density at radius 3 is 2.30 bits per heavy atom. The SMILES string of the molecule is CCc1c(C)c(Cl)c2c(c1OC(=O)C1(C)C3CCC1CC3)Oc1ccc([C@@H](O)CC(C)(C)C)c(OC)c1C(=O)O2. The maximum atomic E-state index is 13.8. The quantitative estimate of drug-likeness (QED) is 0.280. The summed E-state index contributed by atoms with van der Waals surface area (Å²) in [5.74, 6) is 0.224. The number of hydrogen-bond donors (Lipinski definition) is 1. The summed E-state index contributed by atoms with van der Waals surface area (Å²) >= 11 is 6.75. The van der Waals surface area contributed by atoms with Crippen molar-refractivity contribution in [1.82, 2.24) is 0 Å². The van der Waals surface area contributed by atoms with Gasteiger partial charge in [0.1, 0.15) is 17.1 Å². The van der Waals surface area contributed by atoms with E-state index in [1.165, 1.54) is 7.11 Å². The molecule has 0 amide bonds. The van der Waals surface area contributed by atoms with Crippen molar-refractivity contribution in [3.8, 4) is 28.7 Å². The molecule has 0 unspecified atom stereocenters. The Bertz CT molecular complexity index is 1350. The van der Waals surface area contributed by atoms with Crippen LogP contribution in [0.15, 0.2) is 12.1 Å². The first-order chi connectivity index (χ1) is 18.8. The number of ether oxygens (including phenoxy) is 4. The molecular weight excluding hydrogens is 532 g/mol. The minimum Gasteiger partial charge on any atom is -0.495 e. The summed E-state index contributed by atoms with van der Waals surface area (Å²) < 4.78 is 24.1. The zero-order chi connectivity index (χ0) is 29.1. The first kappa shape index (κ1) is 28.7. The summed E-state index contributed by atoms with van der Waals surface area (Å²) in [4.78, 5) is 27.4. The Morgan fingerprint density at radius 1 is 1.12 bits per heavy atom. The van der Waals surface area contributed by atoms with Gasteiger partial charge in [0.05, 0.1) is 23.7 Å². The standard InChI is InChI=1S/C32H39ClO7/c1-8-19-16(2)24(33)27-28(26(19)40-30(36)32(6)17-9-10-18(32)12-11-17)38-22-14-13-20(21(34)15-31(3,4)5)25(37-7)23(22)29(35)39-27/h13-14,17-18,21,34H,8-12,15H2,1-7H3/t17?,18?,21-,32?/m0/s1. The van der Waals surface area contributed by atoms with Gasteiger partial charge in [-0.15, -0.1) is 0 Å². The van der Waals surface area contributed by atoms with E-state index in [9.17, 15) is 14.7 Å². The number of fused-ring (bicyclic) bond motifs is 4. The average Bonchev–Trinajstić information content (AvgIpc) is 3.34. The van der Waals surface area contributed by atoms with Crippen molar-refractivity contribution >= 4 is 23.5 Å². The van der Waals surface area contributed by atoms with Crippen LogP contribution in [0.4, 0.5) is 0 Å². The van der Waals surface area contributed by atoms with Crippen molar-refractivity contribution < 1.29 is 33.6 Å². The van der Waals surface area contributed by atoms with Crippen LogP contribution in [0.5, 0.6) is 28.7 Å². The fourth-order valence-electron chi connectivity index (χ4n) is 6.98. The Balaban J connectivity index is 1.62.